The standard InChI is InChI=1S/C16H18ClNO3/c1-11-7-8-14(21-11)16(2,20)10-18-15(19)9-12-5-3-4-6-13(12)17/h3-8,20H,9-10H2,1-2H3,(H,18,19)/t16-/m0/s1. The van der Waals surface area contributed by atoms with E-state index in [0.29, 0.717) is 16.5 Å². The number of aliphatic hydroxyl groups is 1. The van der Waals surface area contributed by atoms with Crippen LogP contribution in [0.1, 0.15) is 24.0 Å². The second kappa shape index (κ2) is 6.33. The van der Waals surface area contributed by atoms with E-state index in [1.165, 1.54) is 0 Å². The van der Waals surface area contributed by atoms with E-state index in [1.54, 1.807) is 38.1 Å². The van der Waals surface area contributed by atoms with Gasteiger partial charge in [-0.2, -0.15) is 0 Å². The third-order valence-electron chi connectivity index (χ3n) is 3.21. The van der Waals surface area contributed by atoms with E-state index in [4.69, 9.17) is 16.0 Å². The summed E-state index contributed by atoms with van der Waals surface area (Å²) in [6.45, 7) is 3.47. The third kappa shape index (κ3) is 4.09. The number of hydrogen-bond donors (Lipinski definition) is 2. The van der Waals surface area contributed by atoms with Crippen molar-refractivity contribution in [3.8, 4) is 0 Å². The zero-order valence-electron chi connectivity index (χ0n) is 12.0. The van der Waals surface area contributed by atoms with Crippen LogP contribution in [0.3, 0.4) is 0 Å². The molecule has 1 atom stereocenters. The molecule has 0 saturated heterocycles. The molecule has 1 aromatic heterocycles. The first-order chi connectivity index (χ1) is 9.88. The molecule has 0 saturated carbocycles. The fraction of sp³-hybridized carbons (Fsp3) is 0.312. The zero-order valence-corrected chi connectivity index (χ0v) is 12.8. The van der Waals surface area contributed by atoms with Gasteiger partial charge in [-0.3, -0.25) is 4.79 Å². The molecule has 2 rings (SSSR count). The van der Waals surface area contributed by atoms with Gasteiger partial charge in [0, 0.05) is 5.02 Å². The maximum Gasteiger partial charge on any atom is 0.224 e. The molecule has 4 nitrogen and oxygen atoms in total. The number of benzene rings is 1. The van der Waals surface area contributed by atoms with Crippen LogP contribution in [0.25, 0.3) is 0 Å². The van der Waals surface area contributed by atoms with Crippen LogP contribution >= 0.6 is 11.6 Å². The molecule has 0 aliphatic rings. The molecule has 0 fully saturated rings. The minimum Gasteiger partial charge on any atom is -0.463 e. The summed E-state index contributed by atoms with van der Waals surface area (Å²) < 4.78 is 5.40. The van der Waals surface area contributed by atoms with Crippen molar-refractivity contribution in [2.24, 2.45) is 0 Å². The molecule has 0 aliphatic carbocycles. The number of carbonyl (C=O) groups is 1. The van der Waals surface area contributed by atoms with Crippen LogP contribution in [-0.4, -0.2) is 17.6 Å². The number of hydrogen-bond acceptors (Lipinski definition) is 3. The summed E-state index contributed by atoms with van der Waals surface area (Å²) in [7, 11) is 0. The maximum absolute atomic E-state index is 11.9. The quantitative estimate of drug-likeness (QED) is 0.893. The van der Waals surface area contributed by atoms with Gasteiger partial charge in [0.1, 0.15) is 17.1 Å². The largest absolute Gasteiger partial charge is 0.463 e. The van der Waals surface area contributed by atoms with E-state index in [-0.39, 0.29) is 18.9 Å². The molecule has 0 unspecified atom stereocenters. The number of rotatable bonds is 5. The molecule has 2 aromatic rings. The predicted octanol–water partition coefficient (Wildman–Crippen LogP) is 2.81. The fourth-order valence-electron chi connectivity index (χ4n) is 1.96. The average molecular weight is 308 g/mol. The van der Waals surface area contributed by atoms with Crippen molar-refractivity contribution in [3.63, 3.8) is 0 Å². The lowest BCUT2D eigenvalue weighted by atomic mass is 10.0. The summed E-state index contributed by atoms with van der Waals surface area (Å²) in [4.78, 5) is 11.9. The normalized spacial score (nSPS) is 13.7. The van der Waals surface area contributed by atoms with Gasteiger partial charge in [0.25, 0.3) is 0 Å². The van der Waals surface area contributed by atoms with Crippen LogP contribution in [0.15, 0.2) is 40.8 Å². The number of aryl methyl sites for hydroxylation is 1. The Bertz CT molecular complexity index is 634. The van der Waals surface area contributed by atoms with Gasteiger partial charge in [-0.15, -0.1) is 0 Å². The molecule has 1 aromatic carbocycles. The first-order valence-corrected chi connectivity index (χ1v) is 7.06. The second-order valence-electron chi connectivity index (χ2n) is 5.23. The van der Waals surface area contributed by atoms with E-state index in [2.05, 4.69) is 5.32 Å². The molecule has 1 amide bonds. The first-order valence-electron chi connectivity index (χ1n) is 6.68. The molecule has 0 bridgehead atoms. The van der Waals surface area contributed by atoms with Gasteiger partial charge in [-0.05, 0) is 37.6 Å². The number of amides is 1. The van der Waals surface area contributed by atoms with Crippen molar-refractivity contribution in [3.05, 3.63) is 58.5 Å². The SMILES string of the molecule is Cc1ccc([C@@](C)(O)CNC(=O)Cc2ccccc2Cl)o1. The molecule has 0 spiro atoms. The number of halogens is 1. The van der Waals surface area contributed by atoms with Gasteiger partial charge in [-0.25, -0.2) is 0 Å². The third-order valence-corrected chi connectivity index (χ3v) is 3.58. The summed E-state index contributed by atoms with van der Waals surface area (Å²) in [5, 5.41) is 13.6. The van der Waals surface area contributed by atoms with Gasteiger partial charge in [0.05, 0.1) is 13.0 Å². The van der Waals surface area contributed by atoms with Crippen molar-refractivity contribution >= 4 is 17.5 Å². The first kappa shape index (κ1) is 15.6. The Kier molecular flexibility index (Phi) is 4.70. The second-order valence-corrected chi connectivity index (χ2v) is 5.64. The number of furan rings is 1. The highest BCUT2D eigenvalue weighted by atomic mass is 35.5. The Balaban J connectivity index is 1.93. The Morgan fingerprint density at radius 1 is 1.33 bits per heavy atom. The molecule has 5 heteroatoms. The summed E-state index contributed by atoms with van der Waals surface area (Å²) in [5.41, 5.74) is -0.491. The zero-order chi connectivity index (χ0) is 15.5. The fourth-order valence-corrected chi connectivity index (χ4v) is 2.16. The van der Waals surface area contributed by atoms with Gasteiger partial charge < -0.3 is 14.8 Å². The minimum atomic E-state index is -1.25. The maximum atomic E-state index is 11.9. The minimum absolute atomic E-state index is 0.0727. The van der Waals surface area contributed by atoms with Crippen LogP contribution in [0.2, 0.25) is 5.02 Å². The van der Waals surface area contributed by atoms with E-state index < -0.39 is 5.60 Å². The van der Waals surface area contributed by atoms with Gasteiger partial charge in [0.15, 0.2) is 0 Å². The average Bonchev–Trinajstić information content (AvgIpc) is 2.87. The monoisotopic (exact) mass is 307 g/mol. The summed E-state index contributed by atoms with van der Waals surface area (Å²) in [6.07, 6.45) is 0.174. The Morgan fingerprint density at radius 3 is 2.67 bits per heavy atom. The topological polar surface area (TPSA) is 62.5 Å². The molecular weight excluding hydrogens is 290 g/mol. The summed E-state index contributed by atoms with van der Waals surface area (Å²) in [5.74, 6) is 0.942. The van der Waals surface area contributed by atoms with Crippen molar-refractivity contribution in [2.45, 2.75) is 25.9 Å². The van der Waals surface area contributed by atoms with Crippen molar-refractivity contribution in [1.82, 2.24) is 5.32 Å². The lowest BCUT2D eigenvalue weighted by Gasteiger charge is -2.21. The molecule has 0 radical (unpaired) electrons. The van der Waals surface area contributed by atoms with Gasteiger partial charge >= 0.3 is 0 Å². The van der Waals surface area contributed by atoms with Crippen molar-refractivity contribution in [1.29, 1.82) is 0 Å². The van der Waals surface area contributed by atoms with E-state index in [1.807, 2.05) is 12.1 Å². The molecule has 0 aliphatic heterocycles. The Hall–Kier alpha value is -1.78. The van der Waals surface area contributed by atoms with E-state index >= 15 is 0 Å². The highest BCUT2D eigenvalue weighted by molar-refractivity contribution is 6.31. The van der Waals surface area contributed by atoms with Gasteiger partial charge in [-0.1, -0.05) is 29.8 Å². The Morgan fingerprint density at radius 2 is 2.05 bits per heavy atom. The smallest absolute Gasteiger partial charge is 0.224 e. The lowest BCUT2D eigenvalue weighted by molar-refractivity contribution is -0.121. The van der Waals surface area contributed by atoms with Crippen LogP contribution < -0.4 is 5.32 Å². The number of nitrogens with one attached hydrogen (secondary N) is 1. The van der Waals surface area contributed by atoms with Crippen molar-refractivity contribution in [2.75, 3.05) is 6.54 Å². The lowest BCUT2D eigenvalue weighted by Crippen LogP contribution is -2.39. The van der Waals surface area contributed by atoms with Crippen LogP contribution in [0.5, 0.6) is 0 Å². The number of carbonyl (C=O) groups excluding carboxylic acids is 1. The predicted molar refractivity (Wildman–Crippen MR) is 81.2 cm³/mol. The van der Waals surface area contributed by atoms with E-state index in [0.717, 1.165) is 5.56 Å². The summed E-state index contributed by atoms with van der Waals surface area (Å²) >= 11 is 6.01. The highest BCUT2D eigenvalue weighted by Crippen LogP contribution is 2.22. The molecule has 2 N–H and O–H groups in total. The van der Waals surface area contributed by atoms with Gasteiger partial charge in [0.2, 0.25) is 5.91 Å². The van der Waals surface area contributed by atoms with Crippen LogP contribution in [-0.2, 0) is 16.8 Å². The molecule has 21 heavy (non-hydrogen) atoms. The molecular formula is C16H18ClNO3. The molecule has 1 heterocycles. The Labute approximate surface area is 128 Å². The van der Waals surface area contributed by atoms with Crippen molar-refractivity contribution < 1.29 is 14.3 Å². The highest BCUT2D eigenvalue weighted by Gasteiger charge is 2.27. The summed E-state index contributed by atoms with van der Waals surface area (Å²) in [6, 6.07) is 10.7. The van der Waals surface area contributed by atoms with Crippen LogP contribution in [0, 0.1) is 6.92 Å². The molecule has 112 valence electrons. The van der Waals surface area contributed by atoms with E-state index in [9.17, 15) is 9.90 Å². The van der Waals surface area contributed by atoms with Crippen LogP contribution in [0.4, 0.5) is 0 Å².